The number of aliphatic hydroxyl groups excluding tert-OH is 1. The van der Waals surface area contributed by atoms with E-state index in [1.54, 1.807) is 20.8 Å². The molecular formula is C18H26O10. The third kappa shape index (κ3) is 5.06. The minimum Gasteiger partial charge on any atom is -0.481 e. The summed E-state index contributed by atoms with van der Waals surface area (Å²) in [7, 11) is 0. The third-order valence-electron chi connectivity index (χ3n) is 5.34. The van der Waals surface area contributed by atoms with Gasteiger partial charge in [0.15, 0.2) is 0 Å². The van der Waals surface area contributed by atoms with E-state index in [9.17, 15) is 39.3 Å². The molecule has 3 atom stereocenters. The highest BCUT2D eigenvalue weighted by atomic mass is 16.5. The van der Waals surface area contributed by atoms with Gasteiger partial charge in [-0.15, -0.1) is 0 Å². The van der Waals surface area contributed by atoms with E-state index in [2.05, 4.69) is 0 Å². The molecule has 10 nitrogen and oxygen atoms in total. The minimum absolute atomic E-state index is 0.175. The SMILES string of the molecule is CCC(C)(C)C(=O)OCC(O)CCC(=O)C1C(C(=O)O)C(C(=O)O)C1C(=O)O. The number of carboxylic acids is 3. The molecule has 0 radical (unpaired) electrons. The van der Waals surface area contributed by atoms with Gasteiger partial charge >= 0.3 is 23.9 Å². The Kier molecular flexibility index (Phi) is 7.68. The van der Waals surface area contributed by atoms with E-state index in [0.29, 0.717) is 6.42 Å². The molecule has 0 amide bonds. The van der Waals surface area contributed by atoms with Gasteiger partial charge in [0.2, 0.25) is 0 Å². The van der Waals surface area contributed by atoms with Crippen LogP contribution < -0.4 is 0 Å². The zero-order chi connectivity index (χ0) is 21.8. The maximum absolute atomic E-state index is 12.3. The van der Waals surface area contributed by atoms with Crippen molar-refractivity contribution in [3.8, 4) is 0 Å². The smallest absolute Gasteiger partial charge is 0.311 e. The summed E-state index contributed by atoms with van der Waals surface area (Å²) in [5, 5.41) is 37.3. The molecule has 1 aliphatic carbocycles. The lowest BCUT2D eigenvalue weighted by Gasteiger charge is -2.44. The number of Topliss-reactive ketones (excluding diaryl/α,β-unsaturated/α-hetero) is 1. The summed E-state index contributed by atoms with van der Waals surface area (Å²) in [5.74, 6) is -12.4. The molecule has 158 valence electrons. The van der Waals surface area contributed by atoms with Crippen LogP contribution in [0.2, 0.25) is 0 Å². The fourth-order valence-electron chi connectivity index (χ4n) is 3.14. The normalized spacial score (nSPS) is 25.3. The molecule has 1 fully saturated rings. The molecule has 0 aliphatic heterocycles. The molecule has 10 heteroatoms. The van der Waals surface area contributed by atoms with Crippen molar-refractivity contribution in [1.82, 2.24) is 0 Å². The Balaban J connectivity index is 2.68. The van der Waals surface area contributed by atoms with Gasteiger partial charge in [-0.25, -0.2) is 0 Å². The number of carbonyl (C=O) groups excluding carboxylic acids is 2. The Morgan fingerprint density at radius 3 is 1.71 bits per heavy atom. The Bertz CT molecular complexity index is 631. The van der Waals surface area contributed by atoms with E-state index in [4.69, 9.17) is 9.84 Å². The fourth-order valence-corrected chi connectivity index (χ4v) is 3.14. The topological polar surface area (TPSA) is 175 Å². The molecule has 0 aromatic heterocycles. The largest absolute Gasteiger partial charge is 0.481 e. The van der Waals surface area contributed by atoms with Crippen molar-refractivity contribution in [1.29, 1.82) is 0 Å². The van der Waals surface area contributed by atoms with Gasteiger partial charge in [0.05, 0.1) is 29.3 Å². The number of aliphatic carboxylic acids is 3. The predicted molar refractivity (Wildman–Crippen MR) is 92.1 cm³/mol. The number of rotatable bonds is 11. The number of ether oxygens (including phenoxy) is 1. The highest BCUT2D eigenvalue weighted by molar-refractivity contribution is 5.98. The number of carboxylic acid groups (broad SMARTS) is 3. The van der Waals surface area contributed by atoms with Gasteiger partial charge in [-0.3, -0.25) is 24.0 Å². The van der Waals surface area contributed by atoms with E-state index < -0.39 is 64.9 Å². The van der Waals surface area contributed by atoms with Crippen LogP contribution in [0.5, 0.6) is 0 Å². The monoisotopic (exact) mass is 402 g/mol. The molecule has 0 aromatic carbocycles. The van der Waals surface area contributed by atoms with Crippen molar-refractivity contribution >= 4 is 29.7 Å². The summed E-state index contributed by atoms with van der Waals surface area (Å²) < 4.78 is 4.99. The second-order valence-corrected chi connectivity index (χ2v) is 7.61. The number of esters is 1. The molecule has 28 heavy (non-hydrogen) atoms. The second-order valence-electron chi connectivity index (χ2n) is 7.61. The highest BCUT2D eigenvalue weighted by Gasteiger charge is 2.63. The van der Waals surface area contributed by atoms with Crippen LogP contribution in [-0.2, 0) is 28.7 Å². The van der Waals surface area contributed by atoms with Crippen LogP contribution in [0.4, 0.5) is 0 Å². The van der Waals surface area contributed by atoms with E-state index >= 15 is 0 Å². The molecule has 1 saturated carbocycles. The average molecular weight is 402 g/mol. The van der Waals surface area contributed by atoms with Crippen LogP contribution in [0.15, 0.2) is 0 Å². The number of aliphatic hydroxyl groups is 1. The fraction of sp³-hybridized carbons (Fsp3) is 0.722. The standard InChI is InChI=1S/C18H26O10/c1-4-18(2,3)17(27)28-7-8(19)5-6-9(20)10-11(14(21)22)13(16(25)26)12(10)15(23)24/h8,10-13,19H,4-7H2,1-3H3,(H,21,22)(H,23,24)(H,25,26). The lowest BCUT2D eigenvalue weighted by atomic mass is 9.54. The maximum Gasteiger partial charge on any atom is 0.311 e. The van der Waals surface area contributed by atoms with E-state index in [1.807, 2.05) is 0 Å². The Hall–Kier alpha value is -2.49. The average Bonchev–Trinajstić information content (AvgIpc) is 2.55. The molecular weight excluding hydrogens is 376 g/mol. The predicted octanol–water partition coefficient (Wildman–Crippen LogP) is 0.408. The summed E-state index contributed by atoms with van der Waals surface area (Å²) in [6.07, 6.45) is -1.20. The first-order valence-corrected chi connectivity index (χ1v) is 8.91. The maximum atomic E-state index is 12.3. The van der Waals surface area contributed by atoms with Gasteiger partial charge in [-0.2, -0.15) is 0 Å². The highest BCUT2D eigenvalue weighted by Crippen LogP contribution is 2.48. The molecule has 1 rings (SSSR count). The van der Waals surface area contributed by atoms with Crippen molar-refractivity contribution in [2.24, 2.45) is 29.1 Å². The zero-order valence-corrected chi connectivity index (χ0v) is 16.0. The van der Waals surface area contributed by atoms with Crippen LogP contribution in [-0.4, -0.2) is 62.8 Å². The molecule has 3 unspecified atom stereocenters. The van der Waals surface area contributed by atoms with Gasteiger partial charge in [0.1, 0.15) is 12.4 Å². The third-order valence-corrected chi connectivity index (χ3v) is 5.34. The van der Waals surface area contributed by atoms with E-state index in [1.165, 1.54) is 0 Å². The molecule has 4 N–H and O–H groups in total. The van der Waals surface area contributed by atoms with Gasteiger partial charge < -0.3 is 25.2 Å². The first-order valence-electron chi connectivity index (χ1n) is 8.91. The summed E-state index contributed by atoms with van der Waals surface area (Å²) in [5.41, 5.74) is -0.725. The summed E-state index contributed by atoms with van der Waals surface area (Å²) in [6, 6.07) is 0. The van der Waals surface area contributed by atoms with E-state index in [0.717, 1.165) is 0 Å². The first kappa shape index (κ1) is 23.5. The van der Waals surface area contributed by atoms with Crippen molar-refractivity contribution < 1.29 is 49.1 Å². The van der Waals surface area contributed by atoms with Crippen LogP contribution >= 0.6 is 0 Å². The van der Waals surface area contributed by atoms with Crippen LogP contribution in [0.3, 0.4) is 0 Å². The second kappa shape index (κ2) is 9.13. The lowest BCUT2D eigenvalue weighted by Crippen LogP contribution is -2.59. The number of carbonyl (C=O) groups is 5. The van der Waals surface area contributed by atoms with Gasteiger partial charge in [-0.05, 0) is 26.7 Å². The number of hydrogen-bond donors (Lipinski definition) is 4. The molecule has 0 aromatic rings. The molecule has 0 heterocycles. The quantitative estimate of drug-likeness (QED) is 0.354. The Morgan fingerprint density at radius 2 is 1.32 bits per heavy atom. The summed E-state index contributed by atoms with van der Waals surface area (Å²) in [6.45, 7) is 4.80. The number of ketones is 1. The minimum atomic E-state index is -1.69. The number of hydrogen-bond acceptors (Lipinski definition) is 7. The van der Waals surface area contributed by atoms with Gasteiger partial charge in [-0.1, -0.05) is 6.92 Å². The molecule has 0 saturated heterocycles. The van der Waals surface area contributed by atoms with Gasteiger partial charge in [0, 0.05) is 12.3 Å². The molecule has 1 aliphatic rings. The van der Waals surface area contributed by atoms with E-state index in [-0.39, 0.29) is 19.4 Å². The lowest BCUT2D eigenvalue weighted by molar-refractivity contribution is -0.186. The van der Waals surface area contributed by atoms with Crippen LogP contribution in [0.1, 0.15) is 40.0 Å². The van der Waals surface area contributed by atoms with Crippen molar-refractivity contribution in [3.05, 3.63) is 0 Å². The zero-order valence-electron chi connectivity index (χ0n) is 16.0. The van der Waals surface area contributed by atoms with Crippen molar-refractivity contribution in [3.63, 3.8) is 0 Å². The molecule has 0 bridgehead atoms. The van der Waals surface area contributed by atoms with Crippen molar-refractivity contribution in [2.75, 3.05) is 6.61 Å². The van der Waals surface area contributed by atoms with Gasteiger partial charge in [0.25, 0.3) is 0 Å². The summed E-state index contributed by atoms with van der Waals surface area (Å²) in [4.78, 5) is 58.0. The Morgan fingerprint density at radius 1 is 0.893 bits per heavy atom. The van der Waals surface area contributed by atoms with Crippen molar-refractivity contribution in [2.45, 2.75) is 46.1 Å². The van der Waals surface area contributed by atoms with Crippen LogP contribution in [0.25, 0.3) is 0 Å². The van der Waals surface area contributed by atoms with Crippen LogP contribution in [0, 0.1) is 29.1 Å². The Labute approximate surface area is 161 Å². The summed E-state index contributed by atoms with van der Waals surface area (Å²) >= 11 is 0. The molecule has 0 spiro atoms. The first-order chi connectivity index (χ1) is 12.8.